The maximum absolute atomic E-state index is 11.5. The zero-order valence-corrected chi connectivity index (χ0v) is 19.1. The van der Waals surface area contributed by atoms with E-state index >= 15 is 0 Å². The number of ether oxygens (including phenoxy) is 1. The van der Waals surface area contributed by atoms with Gasteiger partial charge in [-0.2, -0.15) is 0 Å². The lowest BCUT2D eigenvalue weighted by Gasteiger charge is -2.45. The smallest absolute Gasteiger partial charge is 0.331 e. The molecule has 1 aliphatic heterocycles. The molecule has 154 valence electrons. The van der Waals surface area contributed by atoms with E-state index in [1.54, 1.807) is 0 Å². The molecule has 0 amide bonds. The molecule has 3 rings (SSSR count). The van der Waals surface area contributed by atoms with Crippen LogP contribution in [0.2, 0.25) is 5.04 Å². The standard InChI is InChI=1S/C25H32O3Si/c1-20(16-18-25(5)19-17-23(26)27-25)28-29(24(2,3)4,21-12-8-6-9-13-21)22-14-10-7-11-15-22/h6-15,17,19-20H,16,18H2,1-5H3/t20-,25?/m1/s1. The zero-order valence-electron chi connectivity index (χ0n) is 18.1. The SMILES string of the molecule is C[C@H](CCC1(C)C=CC(=O)O1)O[Si](c1ccccc1)(c1ccccc1)C(C)(C)C. The number of benzene rings is 2. The summed E-state index contributed by atoms with van der Waals surface area (Å²) in [7, 11) is -2.55. The predicted molar refractivity (Wildman–Crippen MR) is 121 cm³/mol. The Morgan fingerprint density at radius 3 is 1.93 bits per heavy atom. The molecule has 0 aromatic heterocycles. The molecule has 1 heterocycles. The number of esters is 1. The first-order chi connectivity index (χ1) is 13.7. The van der Waals surface area contributed by atoms with Crippen LogP contribution in [0, 0.1) is 0 Å². The van der Waals surface area contributed by atoms with Gasteiger partial charge in [-0.15, -0.1) is 0 Å². The number of rotatable bonds is 7. The average molecular weight is 409 g/mol. The third-order valence-electron chi connectivity index (χ3n) is 5.75. The Balaban J connectivity index is 1.93. The Morgan fingerprint density at radius 2 is 1.52 bits per heavy atom. The summed E-state index contributed by atoms with van der Waals surface area (Å²) in [6, 6.07) is 21.4. The first-order valence-corrected chi connectivity index (χ1v) is 12.3. The average Bonchev–Trinajstić information content (AvgIpc) is 3.04. The van der Waals surface area contributed by atoms with Gasteiger partial charge < -0.3 is 9.16 Å². The fourth-order valence-electron chi connectivity index (χ4n) is 4.22. The summed E-state index contributed by atoms with van der Waals surface area (Å²) in [5.41, 5.74) is -0.528. The molecule has 0 saturated heterocycles. The quantitative estimate of drug-likeness (QED) is 0.496. The first kappa shape index (κ1) is 21.5. The summed E-state index contributed by atoms with van der Waals surface area (Å²) < 4.78 is 12.6. The van der Waals surface area contributed by atoms with Crippen molar-refractivity contribution in [1.82, 2.24) is 0 Å². The minimum Gasteiger partial charge on any atom is -0.452 e. The highest BCUT2D eigenvalue weighted by Gasteiger charge is 2.51. The summed E-state index contributed by atoms with van der Waals surface area (Å²) in [5, 5.41) is 2.51. The van der Waals surface area contributed by atoms with Gasteiger partial charge in [0.05, 0.1) is 0 Å². The summed E-state index contributed by atoms with van der Waals surface area (Å²) >= 11 is 0. The summed E-state index contributed by atoms with van der Waals surface area (Å²) in [5.74, 6) is -0.256. The van der Waals surface area contributed by atoms with Crippen molar-refractivity contribution >= 4 is 24.7 Å². The van der Waals surface area contributed by atoms with Crippen molar-refractivity contribution in [2.24, 2.45) is 0 Å². The monoisotopic (exact) mass is 408 g/mol. The van der Waals surface area contributed by atoms with Crippen molar-refractivity contribution in [3.05, 3.63) is 72.8 Å². The van der Waals surface area contributed by atoms with Gasteiger partial charge in [-0.05, 0) is 48.2 Å². The molecule has 3 nitrogen and oxygen atoms in total. The highest BCUT2D eigenvalue weighted by molar-refractivity contribution is 6.99. The molecule has 2 atom stereocenters. The largest absolute Gasteiger partial charge is 0.452 e. The molecular weight excluding hydrogens is 376 g/mol. The van der Waals surface area contributed by atoms with E-state index in [4.69, 9.17) is 9.16 Å². The first-order valence-electron chi connectivity index (χ1n) is 10.4. The number of hydrogen-bond donors (Lipinski definition) is 0. The Hall–Kier alpha value is -2.17. The summed E-state index contributed by atoms with van der Waals surface area (Å²) in [6.07, 6.45) is 4.98. The van der Waals surface area contributed by atoms with Crippen LogP contribution in [0.1, 0.15) is 47.5 Å². The lowest BCUT2D eigenvalue weighted by Crippen LogP contribution is -2.67. The Morgan fingerprint density at radius 1 is 1.00 bits per heavy atom. The molecule has 1 aliphatic rings. The summed E-state index contributed by atoms with van der Waals surface area (Å²) in [6.45, 7) is 11.0. The molecular formula is C25H32O3Si. The molecule has 0 fully saturated rings. The number of carbonyl (C=O) groups is 1. The Labute approximate surface area is 175 Å². The second-order valence-electron chi connectivity index (χ2n) is 9.20. The van der Waals surface area contributed by atoms with Crippen LogP contribution in [0.5, 0.6) is 0 Å². The molecule has 0 N–H and O–H groups in total. The van der Waals surface area contributed by atoms with E-state index in [1.807, 2.05) is 13.0 Å². The van der Waals surface area contributed by atoms with E-state index < -0.39 is 13.9 Å². The maximum Gasteiger partial charge on any atom is 0.331 e. The Bertz CT molecular complexity index is 815. The van der Waals surface area contributed by atoms with Crippen molar-refractivity contribution < 1.29 is 14.0 Å². The van der Waals surface area contributed by atoms with Crippen molar-refractivity contribution in [3.8, 4) is 0 Å². The normalized spacial score (nSPS) is 20.5. The van der Waals surface area contributed by atoms with Gasteiger partial charge in [-0.3, -0.25) is 0 Å². The maximum atomic E-state index is 11.5. The van der Waals surface area contributed by atoms with E-state index in [0.717, 1.165) is 12.8 Å². The second kappa shape index (κ2) is 8.29. The van der Waals surface area contributed by atoms with Gasteiger partial charge in [-0.1, -0.05) is 81.4 Å². The Kier molecular flexibility index (Phi) is 6.15. The van der Waals surface area contributed by atoms with Crippen LogP contribution in [-0.2, 0) is 14.0 Å². The molecule has 4 heteroatoms. The zero-order chi connectivity index (χ0) is 21.1. The van der Waals surface area contributed by atoms with Crippen molar-refractivity contribution in [2.45, 2.75) is 64.2 Å². The number of cyclic esters (lactones) is 1. The van der Waals surface area contributed by atoms with Gasteiger partial charge in [-0.25, -0.2) is 4.79 Å². The molecule has 2 aromatic rings. The summed E-state index contributed by atoms with van der Waals surface area (Å²) in [4.78, 5) is 11.5. The van der Waals surface area contributed by atoms with Gasteiger partial charge in [0.15, 0.2) is 0 Å². The van der Waals surface area contributed by atoms with Crippen LogP contribution in [0.25, 0.3) is 0 Å². The van der Waals surface area contributed by atoms with Crippen LogP contribution in [0.3, 0.4) is 0 Å². The molecule has 0 saturated carbocycles. The van der Waals surface area contributed by atoms with Crippen molar-refractivity contribution in [3.63, 3.8) is 0 Å². The third-order valence-corrected chi connectivity index (χ3v) is 10.9. The minimum atomic E-state index is -2.55. The van der Waals surface area contributed by atoms with Crippen LogP contribution in [0.15, 0.2) is 72.8 Å². The predicted octanol–water partition coefficient (Wildman–Crippen LogP) is 4.60. The van der Waals surface area contributed by atoms with E-state index in [0.29, 0.717) is 0 Å². The lowest BCUT2D eigenvalue weighted by molar-refractivity contribution is -0.145. The van der Waals surface area contributed by atoms with E-state index in [2.05, 4.69) is 88.4 Å². The van der Waals surface area contributed by atoms with Gasteiger partial charge in [0, 0.05) is 12.2 Å². The van der Waals surface area contributed by atoms with E-state index in [-0.39, 0.29) is 17.1 Å². The fourth-order valence-corrected chi connectivity index (χ4v) is 8.95. The van der Waals surface area contributed by atoms with E-state index in [1.165, 1.54) is 16.4 Å². The van der Waals surface area contributed by atoms with Gasteiger partial charge in [0.2, 0.25) is 0 Å². The van der Waals surface area contributed by atoms with Crippen LogP contribution >= 0.6 is 0 Å². The lowest BCUT2D eigenvalue weighted by atomic mass is 9.99. The van der Waals surface area contributed by atoms with Crippen LogP contribution in [-0.4, -0.2) is 26.0 Å². The van der Waals surface area contributed by atoms with Crippen LogP contribution in [0.4, 0.5) is 0 Å². The highest BCUT2D eigenvalue weighted by Crippen LogP contribution is 2.38. The fraction of sp³-hybridized carbons (Fsp3) is 0.400. The minimum absolute atomic E-state index is 0.0332. The van der Waals surface area contributed by atoms with Crippen LogP contribution < -0.4 is 10.4 Å². The second-order valence-corrected chi connectivity index (χ2v) is 13.5. The number of hydrogen-bond acceptors (Lipinski definition) is 3. The molecule has 0 spiro atoms. The topological polar surface area (TPSA) is 35.5 Å². The third kappa shape index (κ3) is 4.54. The highest BCUT2D eigenvalue weighted by atomic mass is 28.4. The molecule has 0 bridgehead atoms. The number of carbonyl (C=O) groups excluding carboxylic acids is 1. The molecule has 0 radical (unpaired) electrons. The molecule has 0 aliphatic carbocycles. The van der Waals surface area contributed by atoms with Gasteiger partial charge >= 0.3 is 5.97 Å². The van der Waals surface area contributed by atoms with Gasteiger partial charge in [0.1, 0.15) is 5.60 Å². The van der Waals surface area contributed by atoms with E-state index in [9.17, 15) is 4.79 Å². The van der Waals surface area contributed by atoms with Crippen molar-refractivity contribution in [2.75, 3.05) is 0 Å². The molecule has 2 aromatic carbocycles. The molecule has 29 heavy (non-hydrogen) atoms. The van der Waals surface area contributed by atoms with Gasteiger partial charge in [0.25, 0.3) is 8.32 Å². The molecule has 1 unspecified atom stereocenters. The van der Waals surface area contributed by atoms with Crippen molar-refractivity contribution in [1.29, 1.82) is 0 Å².